The number of methoxy groups -OCH3 is 2. The predicted octanol–water partition coefficient (Wildman–Crippen LogP) is 4.03. The highest BCUT2D eigenvalue weighted by Crippen LogP contribution is 2.44. The molecule has 1 amide bonds. The van der Waals surface area contributed by atoms with Crippen LogP contribution >= 0.6 is 0 Å². The van der Waals surface area contributed by atoms with Gasteiger partial charge in [-0.15, -0.1) is 0 Å². The second-order valence-corrected chi connectivity index (χ2v) is 8.20. The molecule has 3 aromatic carbocycles. The van der Waals surface area contributed by atoms with Gasteiger partial charge in [0.2, 0.25) is 0 Å². The van der Waals surface area contributed by atoms with E-state index < -0.39 is 18.3 Å². The Labute approximate surface area is 198 Å². The summed E-state index contributed by atoms with van der Waals surface area (Å²) in [6, 6.07) is 21.2. The molecule has 0 fully saturated rings. The largest absolute Gasteiger partial charge is 0.497 e. The minimum absolute atomic E-state index is 0.0198. The third-order valence-electron chi connectivity index (χ3n) is 6.13. The Hall–Kier alpha value is -3.55. The summed E-state index contributed by atoms with van der Waals surface area (Å²) in [6.45, 7) is 0.366. The van der Waals surface area contributed by atoms with Gasteiger partial charge in [0.25, 0.3) is 0 Å². The second-order valence-electron chi connectivity index (χ2n) is 8.20. The van der Waals surface area contributed by atoms with Gasteiger partial charge in [0, 0.05) is 18.5 Å². The molecule has 0 radical (unpaired) electrons. The minimum Gasteiger partial charge on any atom is -0.497 e. The first-order chi connectivity index (χ1) is 16.5. The maximum absolute atomic E-state index is 12.3. The number of rotatable bonds is 9. The zero-order valence-electron chi connectivity index (χ0n) is 19.2. The van der Waals surface area contributed by atoms with Gasteiger partial charge in [0.15, 0.2) is 0 Å². The zero-order chi connectivity index (χ0) is 24.1. The number of amides is 1. The molecule has 7 heteroatoms. The van der Waals surface area contributed by atoms with Crippen LogP contribution in [-0.2, 0) is 4.74 Å². The normalized spacial score (nSPS) is 14.0. The molecule has 34 heavy (non-hydrogen) atoms. The lowest BCUT2D eigenvalue weighted by atomic mass is 9.98. The first-order valence-corrected chi connectivity index (χ1v) is 11.2. The Morgan fingerprint density at radius 2 is 1.47 bits per heavy atom. The molecule has 3 N–H and O–H groups in total. The number of fused-ring (bicyclic) bond motifs is 3. The molecule has 2 unspecified atom stereocenters. The molecule has 4 rings (SSSR count). The van der Waals surface area contributed by atoms with Gasteiger partial charge in [-0.05, 0) is 46.4 Å². The van der Waals surface area contributed by atoms with Crippen molar-refractivity contribution in [3.05, 3.63) is 83.4 Å². The summed E-state index contributed by atoms with van der Waals surface area (Å²) >= 11 is 0. The number of hydrogen-bond donors (Lipinski definition) is 3. The molecule has 7 nitrogen and oxygen atoms in total. The highest BCUT2D eigenvalue weighted by atomic mass is 16.5. The Bertz CT molecular complexity index is 1080. The average molecular weight is 464 g/mol. The Morgan fingerprint density at radius 3 is 2.03 bits per heavy atom. The van der Waals surface area contributed by atoms with E-state index in [2.05, 4.69) is 29.6 Å². The van der Waals surface area contributed by atoms with E-state index >= 15 is 0 Å². The third kappa shape index (κ3) is 5.00. The maximum Gasteiger partial charge on any atom is 0.407 e. The maximum atomic E-state index is 12.3. The lowest BCUT2D eigenvalue weighted by Crippen LogP contribution is -2.30. The predicted molar refractivity (Wildman–Crippen MR) is 128 cm³/mol. The zero-order valence-corrected chi connectivity index (χ0v) is 19.2. The lowest BCUT2D eigenvalue weighted by Gasteiger charge is -2.20. The topological polar surface area (TPSA) is 97.3 Å². The molecule has 3 aromatic rings. The van der Waals surface area contributed by atoms with Crippen molar-refractivity contribution in [2.45, 2.75) is 24.5 Å². The number of carbonyl (C=O) groups is 1. The fourth-order valence-electron chi connectivity index (χ4n) is 4.35. The van der Waals surface area contributed by atoms with E-state index in [9.17, 15) is 15.0 Å². The first kappa shape index (κ1) is 23.6. The number of hydrogen-bond acceptors (Lipinski definition) is 6. The second kappa shape index (κ2) is 10.6. The highest BCUT2D eigenvalue weighted by molar-refractivity contribution is 5.79. The molecule has 2 atom stereocenters. The van der Waals surface area contributed by atoms with Crippen molar-refractivity contribution < 1.29 is 29.2 Å². The van der Waals surface area contributed by atoms with Crippen molar-refractivity contribution in [3.8, 4) is 22.6 Å². The Morgan fingerprint density at radius 1 is 0.912 bits per heavy atom. The SMILES string of the molecule is COc1cc(OC)cc(C(O)C(O)CCNC(=O)OCC2c3ccccc3-c3ccccc32)c1. The fourth-order valence-corrected chi connectivity index (χ4v) is 4.35. The van der Waals surface area contributed by atoms with E-state index in [1.165, 1.54) is 25.3 Å². The lowest BCUT2D eigenvalue weighted by molar-refractivity contribution is 0.0135. The number of benzene rings is 3. The molecule has 0 aromatic heterocycles. The van der Waals surface area contributed by atoms with Crippen LogP contribution in [0.5, 0.6) is 11.5 Å². The van der Waals surface area contributed by atoms with Crippen LogP contribution in [0.25, 0.3) is 11.1 Å². The molecule has 0 saturated heterocycles. The monoisotopic (exact) mass is 463 g/mol. The van der Waals surface area contributed by atoms with Crippen LogP contribution in [0.2, 0.25) is 0 Å². The van der Waals surface area contributed by atoms with E-state index in [4.69, 9.17) is 14.2 Å². The molecule has 1 aliphatic rings. The van der Waals surface area contributed by atoms with E-state index in [-0.39, 0.29) is 25.5 Å². The molecule has 0 spiro atoms. The molecule has 0 aliphatic heterocycles. The number of aliphatic hydroxyl groups is 2. The smallest absolute Gasteiger partial charge is 0.407 e. The summed E-state index contributed by atoms with van der Waals surface area (Å²) in [5, 5.41) is 23.6. The molecular formula is C27H29NO6. The Balaban J connectivity index is 1.29. The summed E-state index contributed by atoms with van der Waals surface area (Å²) in [4.78, 5) is 12.3. The number of ether oxygens (including phenoxy) is 3. The molecular weight excluding hydrogens is 434 g/mol. The van der Waals surface area contributed by atoms with Gasteiger partial charge in [0.1, 0.15) is 24.2 Å². The number of aliphatic hydroxyl groups excluding tert-OH is 2. The van der Waals surface area contributed by atoms with Crippen molar-refractivity contribution in [2.24, 2.45) is 0 Å². The average Bonchev–Trinajstić information content (AvgIpc) is 3.20. The van der Waals surface area contributed by atoms with Crippen LogP contribution in [0.3, 0.4) is 0 Å². The van der Waals surface area contributed by atoms with Crippen molar-refractivity contribution >= 4 is 6.09 Å². The van der Waals surface area contributed by atoms with E-state index in [1.54, 1.807) is 18.2 Å². The van der Waals surface area contributed by atoms with Crippen LogP contribution < -0.4 is 14.8 Å². The van der Waals surface area contributed by atoms with Gasteiger partial charge >= 0.3 is 6.09 Å². The first-order valence-electron chi connectivity index (χ1n) is 11.2. The molecule has 0 heterocycles. The van der Waals surface area contributed by atoms with Gasteiger partial charge in [-0.1, -0.05) is 48.5 Å². The van der Waals surface area contributed by atoms with Gasteiger partial charge in [-0.3, -0.25) is 0 Å². The molecule has 178 valence electrons. The van der Waals surface area contributed by atoms with Crippen LogP contribution in [0.15, 0.2) is 66.7 Å². The Kier molecular flexibility index (Phi) is 7.35. The van der Waals surface area contributed by atoms with E-state index in [0.29, 0.717) is 17.1 Å². The van der Waals surface area contributed by atoms with E-state index in [0.717, 1.165) is 11.1 Å². The van der Waals surface area contributed by atoms with Crippen LogP contribution in [-0.4, -0.2) is 49.8 Å². The standard InChI is InChI=1S/C27H29NO6/c1-32-18-13-17(14-19(15-18)33-2)26(30)25(29)11-12-28-27(31)34-16-24-22-9-5-3-7-20(22)21-8-4-6-10-23(21)24/h3-10,13-15,24-26,29-30H,11-12,16H2,1-2H3,(H,28,31). The van der Waals surface area contributed by atoms with E-state index in [1.807, 2.05) is 24.3 Å². The summed E-state index contributed by atoms with van der Waals surface area (Å²) in [7, 11) is 3.03. The number of nitrogens with one attached hydrogen (secondary N) is 1. The van der Waals surface area contributed by atoms with Crippen molar-refractivity contribution in [1.82, 2.24) is 5.32 Å². The van der Waals surface area contributed by atoms with Gasteiger partial charge in [-0.2, -0.15) is 0 Å². The van der Waals surface area contributed by atoms with Gasteiger partial charge in [0.05, 0.1) is 20.3 Å². The van der Waals surface area contributed by atoms with Crippen LogP contribution in [0, 0.1) is 0 Å². The number of alkyl carbamates (subject to hydrolysis) is 1. The van der Waals surface area contributed by atoms with Crippen molar-refractivity contribution in [2.75, 3.05) is 27.4 Å². The van der Waals surface area contributed by atoms with Crippen LogP contribution in [0.1, 0.15) is 35.1 Å². The third-order valence-corrected chi connectivity index (χ3v) is 6.13. The van der Waals surface area contributed by atoms with Crippen molar-refractivity contribution in [1.29, 1.82) is 0 Å². The van der Waals surface area contributed by atoms with Gasteiger partial charge < -0.3 is 29.7 Å². The van der Waals surface area contributed by atoms with Crippen LogP contribution in [0.4, 0.5) is 4.79 Å². The molecule has 0 bridgehead atoms. The fraction of sp³-hybridized carbons (Fsp3) is 0.296. The highest BCUT2D eigenvalue weighted by Gasteiger charge is 2.29. The summed E-state index contributed by atoms with van der Waals surface area (Å²) < 4.78 is 15.9. The summed E-state index contributed by atoms with van der Waals surface area (Å²) in [5.74, 6) is 1.00. The quantitative estimate of drug-likeness (QED) is 0.443. The molecule has 0 saturated carbocycles. The minimum atomic E-state index is -1.16. The van der Waals surface area contributed by atoms with Crippen molar-refractivity contribution in [3.63, 3.8) is 0 Å². The molecule has 1 aliphatic carbocycles. The summed E-state index contributed by atoms with van der Waals surface area (Å²) in [5.41, 5.74) is 5.08. The summed E-state index contributed by atoms with van der Waals surface area (Å²) in [6.07, 6.45) is -2.67. The van der Waals surface area contributed by atoms with Gasteiger partial charge in [-0.25, -0.2) is 4.79 Å². The number of carbonyl (C=O) groups excluding carboxylic acids is 1.